The predicted molar refractivity (Wildman–Crippen MR) is 130 cm³/mol. The number of hydrogen-bond acceptors (Lipinski definition) is 5. The van der Waals surface area contributed by atoms with E-state index in [0.717, 1.165) is 55.8 Å². The molecule has 3 aromatic rings. The number of aromatic nitrogens is 3. The second-order valence-corrected chi connectivity index (χ2v) is 9.65. The van der Waals surface area contributed by atoms with Gasteiger partial charge in [-0.15, -0.1) is 10.2 Å². The summed E-state index contributed by atoms with van der Waals surface area (Å²) in [7, 11) is 0. The Morgan fingerprint density at radius 2 is 1.81 bits per heavy atom. The fourth-order valence-electron chi connectivity index (χ4n) is 3.94. The lowest BCUT2D eigenvalue weighted by atomic mass is 10.2. The molecule has 1 aliphatic rings. The molecule has 1 aliphatic heterocycles. The summed E-state index contributed by atoms with van der Waals surface area (Å²) in [6.45, 7) is 8.95. The molecule has 6 nitrogen and oxygen atoms in total. The normalized spacial score (nSPS) is 15.7. The monoisotopic (exact) mass is 469 g/mol. The number of nitrogens with zero attached hydrogens (tertiary/aromatic N) is 5. The average molecular weight is 470 g/mol. The van der Waals surface area contributed by atoms with Crippen LogP contribution in [0.15, 0.2) is 59.8 Å². The van der Waals surface area contributed by atoms with Crippen molar-refractivity contribution in [2.24, 2.45) is 0 Å². The molecule has 8 heteroatoms. The largest absolute Gasteiger partial charge is 0.339 e. The highest BCUT2D eigenvalue weighted by Crippen LogP contribution is 2.29. The highest BCUT2D eigenvalue weighted by Gasteiger charge is 2.27. The fraction of sp³-hybridized carbons (Fsp3) is 0.375. The Morgan fingerprint density at radius 1 is 1.06 bits per heavy atom. The number of halogens is 1. The number of carbonyl (C=O) groups is 1. The van der Waals surface area contributed by atoms with Gasteiger partial charge in [-0.1, -0.05) is 65.8 Å². The second-order valence-electron chi connectivity index (χ2n) is 7.91. The molecule has 168 valence electrons. The SMILES string of the molecule is CCn1c(SC(C)C(=O)N2CCN(Cc3ccccc3)CC2)nnc1-c1cccc(Cl)c1. The number of piperazine rings is 1. The summed E-state index contributed by atoms with van der Waals surface area (Å²) in [6.07, 6.45) is 0. The minimum absolute atomic E-state index is 0.157. The summed E-state index contributed by atoms with van der Waals surface area (Å²) in [5, 5.41) is 9.94. The van der Waals surface area contributed by atoms with Crippen molar-refractivity contribution in [3.8, 4) is 11.4 Å². The van der Waals surface area contributed by atoms with E-state index in [1.807, 2.05) is 46.7 Å². The van der Waals surface area contributed by atoms with E-state index in [1.165, 1.54) is 17.3 Å². The fourth-order valence-corrected chi connectivity index (χ4v) is 5.12. The third-order valence-corrected chi connectivity index (χ3v) is 6.98. The van der Waals surface area contributed by atoms with Crippen LogP contribution < -0.4 is 0 Å². The van der Waals surface area contributed by atoms with Crippen LogP contribution in [0.1, 0.15) is 19.4 Å². The lowest BCUT2D eigenvalue weighted by Crippen LogP contribution is -2.50. The van der Waals surface area contributed by atoms with Crippen LogP contribution >= 0.6 is 23.4 Å². The molecule has 0 saturated carbocycles. The zero-order valence-corrected chi connectivity index (χ0v) is 20.0. The van der Waals surface area contributed by atoms with E-state index in [1.54, 1.807) is 0 Å². The lowest BCUT2D eigenvalue weighted by molar-refractivity contribution is -0.132. The Hall–Kier alpha value is -2.35. The zero-order chi connectivity index (χ0) is 22.5. The van der Waals surface area contributed by atoms with Crippen molar-refractivity contribution in [1.82, 2.24) is 24.6 Å². The summed E-state index contributed by atoms with van der Waals surface area (Å²) in [4.78, 5) is 17.5. The van der Waals surface area contributed by atoms with Gasteiger partial charge in [0.2, 0.25) is 5.91 Å². The highest BCUT2D eigenvalue weighted by atomic mass is 35.5. The Kier molecular flexibility index (Phi) is 7.50. The minimum Gasteiger partial charge on any atom is -0.339 e. The molecule has 2 heterocycles. The number of rotatable bonds is 7. The smallest absolute Gasteiger partial charge is 0.235 e. The summed E-state index contributed by atoms with van der Waals surface area (Å²) < 4.78 is 2.04. The average Bonchev–Trinajstić information content (AvgIpc) is 3.22. The van der Waals surface area contributed by atoms with Crippen molar-refractivity contribution in [3.05, 3.63) is 65.2 Å². The molecule has 1 fully saturated rings. The van der Waals surface area contributed by atoms with Crippen LogP contribution in [0.2, 0.25) is 5.02 Å². The molecule has 4 rings (SSSR count). The molecule has 1 unspecified atom stereocenters. The minimum atomic E-state index is -0.225. The molecule has 32 heavy (non-hydrogen) atoms. The van der Waals surface area contributed by atoms with Crippen LogP contribution in [0.25, 0.3) is 11.4 Å². The van der Waals surface area contributed by atoms with E-state index in [4.69, 9.17) is 11.6 Å². The number of hydrogen-bond donors (Lipinski definition) is 0. The van der Waals surface area contributed by atoms with Gasteiger partial charge in [0, 0.05) is 49.9 Å². The number of benzene rings is 2. The van der Waals surface area contributed by atoms with E-state index in [2.05, 4.69) is 46.3 Å². The maximum atomic E-state index is 13.1. The molecule has 0 bridgehead atoms. The molecule has 1 saturated heterocycles. The predicted octanol–water partition coefficient (Wildman–Crippen LogP) is 4.44. The molecule has 0 radical (unpaired) electrons. The van der Waals surface area contributed by atoms with Gasteiger partial charge in [-0.05, 0) is 31.5 Å². The molecule has 1 amide bonds. The van der Waals surface area contributed by atoms with E-state index in [-0.39, 0.29) is 11.2 Å². The van der Waals surface area contributed by atoms with Crippen LogP contribution in [0.4, 0.5) is 0 Å². The molecular weight excluding hydrogens is 442 g/mol. The van der Waals surface area contributed by atoms with Gasteiger partial charge in [0.05, 0.1) is 5.25 Å². The number of amides is 1. The summed E-state index contributed by atoms with van der Waals surface area (Å²) >= 11 is 7.62. The van der Waals surface area contributed by atoms with Gasteiger partial charge in [-0.3, -0.25) is 9.69 Å². The van der Waals surface area contributed by atoms with Crippen LogP contribution in [0.5, 0.6) is 0 Å². The Balaban J connectivity index is 1.36. The van der Waals surface area contributed by atoms with Crippen molar-refractivity contribution in [1.29, 1.82) is 0 Å². The highest BCUT2D eigenvalue weighted by molar-refractivity contribution is 8.00. The van der Waals surface area contributed by atoms with Gasteiger partial charge < -0.3 is 9.47 Å². The Morgan fingerprint density at radius 3 is 2.50 bits per heavy atom. The summed E-state index contributed by atoms with van der Waals surface area (Å²) in [5.74, 6) is 0.927. The first kappa shape index (κ1) is 22.8. The van der Waals surface area contributed by atoms with Crippen molar-refractivity contribution in [3.63, 3.8) is 0 Å². The van der Waals surface area contributed by atoms with Crippen LogP contribution in [-0.2, 0) is 17.9 Å². The quantitative estimate of drug-likeness (QED) is 0.479. The lowest BCUT2D eigenvalue weighted by Gasteiger charge is -2.35. The molecule has 0 N–H and O–H groups in total. The first-order chi connectivity index (χ1) is 15.5. The number of thioether (sulfide) groups is 1. The van der Waals surface area contributed by atoms with Gasteiger partial charge in [-0.25, -0.2) is 0 Å². The Bertz CT molecular complexity index is 1050. The molecule has 1 aromatic heterocycles. The second kappa shape index (κ2) is 10.5. The third-order valence-electron chi connectivity index (χ3n) is 5.68. The van der Waals surface area contributed by atoms with Gasteiger partial charge in [-0.2, -0.15) is 0 Å². The van der Waals surface area contributed by atoms with E-state index < -0.39 is 0 Å². The first-order valence-electron chi connectivity index (χ1n) is 11.0. The van der Waals surface area contributed by atoms with Gasteiger partial charge in [0.15, 0.2) is 11.0 Å². The van der Waals surface area contributed by atoms with Gasteiger partial charge in [0.1, 0.15) is 0 Å². The third kappa shape index (κ3) is 5.34. The van der Waals surface area contributed by atoms with Gasteiger partial charge in [0.25, 0.3) is 0 Å². The van der Waals surface area contributed by atoms with Gasteiger partial charge >= 0.3 is 0 Å². The summed E-state index contributed by atoms with van der Waals surface area (Å²) in [5.41, 5.74) is 2.23. The van der Waals surface area contributed by atoms with Crippen molar-refractivity contribution < 1.29 is 4.79 Å². The van der Waals surface area contributed by atoms with E-state index in [0.29, 0.717) is 5.02 Å². The number of carbonyl (C=O) groups excluding carboxylic acids is 1. The first-order valence-corrected chi connectivity index (χ1v) is 12.2. The zero-order valence-electron chi connectivity index (χ0n) is 18.4. The maximum Gasteiger partial charge on any atom is 0.235 e. The molecule has 0 aliphatic carbocycles. The molecule has 1 atom stereocenters. The standard InChI is InChI=1S/C24H28ClN5OS/c1-3-30-22(20-10-7-11-21(25)16-20)26-27-24(30)32-18(2)23(31)29-14-12-28(13-15-29)17-19-8-5-4-6-9-19/h4-11,16,18H,3,12-15,17H2,1-2H3. The van der Waals surface area contributed by atoms with Crippen molar-refractivity contribution >= 4 is 29.3 Å². The van der Waals surface area contributed by atoms with E-state index >= 15 is 0 Å². The van der Waals surface area contributed by atoms with E-state index in [9.17, 15) is 4.79 Å². The topological polar surface area (TPSA) is 54.3 Å². The molecular formula is C24H28ClN5OS. The Labute approximate surface area is 198 Å². The summed E-state index contributed by atoms with van der Waals surface area (Å²) in [6, 6.07) is 18.1. The van der Waals surface area contributed by atoms with Crippen molar-refractivity contribution in [2.45, 2.75) is 37.3 Å². The van der Waals surface area contributed by atoms with Crippen molar-refractivity contribution in [2.75, 3.05) is 26.2 Å². The molecule has 2 aromatic carbocycles. The van der Waals surface area contributed by atoms with Crippen LogP contribution in [0.3, 0.4) is 0 Å². The maximum absolute atomic E-state index is 13.1. The van der Waals surface area contributed by atoms with Crippen LogP contribution in [-0.4, -0.2) is 61.9 Å². The van der Waals surface area contributed by atoms with Crippen LogP contribution in [0, 0.1) is 0 Å². The molecule has 0 spiro atoms.